The highest BCUT2D eigenvalue weighted by Crippen LogP contribution is 2.42. The van der Waals surface area contributed by atoms with Crippen LogP contribution in [0.25, 0.3) is 0 Å². The molecule has 0 spiro atoms. The molecule has 1 aromatic rings. The lowest BCUT2D eigenvalue weighted by Gasteiger charge is -2.41. The van der Waals surface area contributed by atoms with Crippen molar-refractivity contribution in [1.82, 2.24) is 10.2 Å². The Bertz CT molecular complexity index is 487. The van der Waals surface area contributed by atoms with E-state index in [0.717, 1.165) is 24.6 Å². The average molecular weight is 297 g/mol. The second kappa shape index (κ2) is 5.77. The Hall–Kier alpha value is -1.02. The molecule has 2 atom stereocenters. The molecule has 7 heteroatoms. The molecule has 110 valence electrons. The van der Waals surface area contributed by atoms with Gasteiger partial charge < -0.3 is 10.1 Å². The Morgan fingerprint density at radius 2 is 2.35 bits per heavy atom. The highest BCUT2D eigenvalue weighted by atomic mass is 32.1. The van der Waals surface area contributed by atoms with Crippen LogP contribution in [0.2, 0.25) is 0 Å². The summed E-state index contributed by atoms with van der Waals surface area (Å²) >= 11 is 1.28. The average Bonchev–Trinajstić information content (AvgIpc) is 3.16. The van der Waals surface area contributed by atoms with E-state index in [9.17, 15) is 10.1 Å². The third-order valence-corrected chi connectivity index (χ3v) is 5.00. The van der Waals surface area contributed by atoms with Crippen molar-refractivity contribution >= 4 is 16.3 Å². The zero-order valence-corrected chi connectivity index (χ0v) is 12.3. The van der Waals surface area contributed by atoms with Gasteiger partial charge in [-0.1, -0.05) is 11.3 Å². The van der Waals surface area contributed by atoms with Gasteiger partial charge >= 0.3 is 5.00 Å². The summed E-state index contributed by atoms with van der Waals surface area (Å²) in [6.07, 6.45) is 2.53. The summed E-state index contributed by atoms with van der Waals surface area (Å²) < 4.78 is 5.90. The van der Waals surface area contributed by atoms with E-state index in [2.05, 4.69) is 10.2 Å². The zero-order chi connectivity index (χ0) is 14.1. The summed E-state index contributed by atoms with van der Waals surface area (Å²) in [4.78, 5) is 14.1. The molecule has 20 heavy (non-hydrogen) atoms. The van der Waals surface area contributed by atoms with Crippen molar-refractivity contribution in [2.24, 2.45) is 0 Å². The molecule has 1 N–H and O–H groups in total. The van der Waals surface area contributed by atoms with E-state index in [1.54, 1.807) is 6.07 Å². The number of nitro groups is 1. The van der Waals surface area contributed by atoms with E-state index in [4.69, 9.17) is 4.74 Å². The smallest absolute Gasteiger partial charge is 0.324 e. The lowest BCUT2D eigenvalue weighted by Crippen LogP contribution is -2.49. The van der Waals surface area contributed by atoms with Crippen LogP contribution < -0.4 is 5.32 Å². The van der Waals surface area contributed by atoms with Gasteiger partial charge in [-0.05, 0) is 26.0 Å². The second-order valence-corrected chi connectivity index (χ2v) is 6.41. The van der Waals surface area contributed by atoms with Gasteiger partial charge in [-0.25, -0.2) is 0 Å². The molecule has 0 bridgehead atoms. The molecular weight excluding hydrogens is 278 g/mol. The van der Waals surface area contributed by atoms with Gasteiger partial charge in [-0.2, -0.15) is 0 Å². The van der Waals surface area contributed by atoms with E-state index < -0.39 is 0 Å². The summed E-state index contributed by atoms with van der Waals surface area (Å²) in [6, 6.07) is 4.27. The molecule has 3 rings (SSSR count). The topological polar surface area (TPSA) is 67.6 Å². The summed E-state index contributed by atoms with van der Waals surface area (Å²) in [5, 5.41) is 14.3. The largest absolute Gasteiger partial charge is 0.374 e. The maximum atomic E-state index is 10.9. The maximum absolute atomic E-state index is 10.9. The van der Waals surface area contributed by atoms with Gasteiger partial charge in [0.15, 0.2) is 0 Å². The molecular formula is C13H19N3O3S. The quantitative estimate of drug-likeness (QED) is 0.663. The van der Waals surface area contributed by atoms with Crippen LogP contribution in [0.1, 0.15) is 23.8 Å². The van der Waals surface area contributed by atoms with Crippen LogP contribution in [0.5, 0.6) is 0 Å². The monoisotopic (exact) mass is 297 g/mol. The van der Waals surface area contributed by atoms with E-state index in [1.807, 2.05) is 13.1 Å². The molecule has 2 unspecified atom stereocenters. The van der Waals surface area contributed by atoms with E-state index in [0.29, 0.717) is 6.04 Å². The first kappa shape index (κ1) is 13.9. The molecule has 2 fully saturated rings. The zero-order valence-electron chi connectivity index (χ0n) is 11.4. The van der Waals surface area contributed by atoms with Crippen LogP contribution in [-0.4, -0.2) is 48.7 Å². The van der Waals surface area contributed by atoms with Crippen molar-refractivity contribution in [2.45, 2.75) is 31.0 Å². The summed E-state index contributed by atoms with van der Waals surface area (Å²) in [5.74, 6) is 0. The lowest BCUT2D eigenvalue weighted by atomic mass is 10.0. The summed E-state index contributed by atoms with van der Waals surface area (Å²) in [6.45, 7) is 2.42. The molecule has 0 radical (unpaired) electrons. The number of hydrogen-bond donors (Lipinski definition) is 1. The first-order chi connectivity index (χ1) is 9.70. The molecule has 1 aliphatic heterocycles. The Morgan fingerprint density at radius 3 is 2.95 bits per heavy atom. The highest BCUT2D eigenvalue weighted by molar-refractivity contribution is 7.15. The Morgan fingerprint density at radius 1 is 1.55 bits per heavy atom. The first-order valence-electron chi connectivity index (χ1n) is 6.96. The van der Waals surface area contributed by atoms with Gasteiger partial charge in [0.1, 0.15) is 0 Å². The lowest BCUT2D eigenvalue weighted by molar-refractivity contribution is -0.380. The molecule has 0 amide bonds. The van der Waals surface area contributed by atoms with Gasteiger partial charge in [0, 0.05) is 30.1 Å². The Balaban J connectivity index is 1.87. The SMILES string of the molecule is CNCC1OCCN(C2CC2)C1c1ccc([N+](=O)[O-])s1. The van der Waals surface area contributed by atoms with Crippen molar-refractivity contribution in [1.29, 1.82) is 0 Å². The number of morpholine rings is 1. The van der Waals surface area contributed by atoms with Crippen molar-refractivity contribution in [3.8, 4) is 0 Å². The van der Waals surface area contributed by atoms with Crippen LogP contribution in [0.4, 0.5) is 5.00 Å². The Kier molecular flexibility index (Phi) is 4.02. The van der Waals surface area contributed by atoms with E-state index >= 15 is 0 Å². The van der Waals surface area contributed by atoms with E-state index in [1.165, 1.54) is 24.2 Å². The van der Waals surface area contributed by atoms with Crippen LogP contribution in [-0.2, 0) is 4.74 Å². The van der Waals surface area contributed by atoms with Crippen LogP contribution >= 0.6 is 11.3 Å². The van der Waals surface area contributed by atoms with Crippen LogP contribution in [0.3, 0.4) is 0 Å². The number of rotatable bonds is 5. The molecule has 2 aliphatic rings. The van der Waals surface area contributed by atoms with Gasteiger partial charge in [0.05, 0.1) is 23.7 Å². The number of hydrogen-bond acceptors (Lipinski definition) is 6. The second-order valence-electron chi connectivity index (χ2n) is 5.31. The fourth-order valence-electron chi connectivity index (χ4n) is 2.89. The molecule has 0 aromatic carbocycles. The normalized spacial score (nSPS) is 27.6. The number of thiophene rings is 1. The van der Waals surface area contributed by atoms with Crippen molar-refractivity contribution in [3.05, 3.63) is 27.1 Å². The van der Waals surface area contributed by atoms with Gasteiger partial charge in [-0.15, -0.1) is 0 Å². The third-order valence-electron chi connectivity index (χ3n) is 3.90. The van der Waals surface area contributed by atoms with Crippen molar-refractivity contribution in [3.63, 3.8) is 0 Å². The molecule has 1 aromatic heterocycles. The van der Waals surface area contributed by atoms with Gasteiger partial charge in [-0.3, -0.25) is 15.0 Å². The fraction of sp³-hybridized carbons (Fsp3) is 0.692. The minimum absolute atomic E-state index is 0.0626. The molecule has 1 saturated carbocycles. The predicted molar refractivity (Wildman–Crippen MR) is 77.1 cm³/mol. The van der Waals surface area contributed by atoms with Gasteiger partial charge in [0.25, 0.3) is 0 Å². The third kappa shape index (κ3) is 2.71. The van der Waals surface area contributed by atoms with E-state index in [-0.39, 0.29) is 22.1 Å². The Labute approximate surface area is 121 Å². The number of nitrogens with zero attached hydrogens (tertiary/aromatic N) is 2. The predicted octanol–water partition coefficient (Wildman–Crippen LogP) is 1.78. The minimum atomic E-state index is -0.313. The molecule has 6 nitrogen and oxygen atoms in total. The number of likely N-dealkylation sites (N-methyl/N-ethyl adjacent to an activating group) is 1. The number of nitrogens with one attached hydrogen (secondary N) is 1. The summed E-state index contributed by atoms with van der Waals surface area (Å²) in [5.41, 5.74) is 0. The standard InChI is InChI=1S/C13H19N3O3S/c1-14-8-10-13(11-4-5-12(20-11)16(17)18)15(6-7-19-10)9-2-3-9/h4-5,9-10,13-14H,2-3,6-8H2,1H3. The summed E-state index contributed by atoms with van der Waals surface area (Å²) in [7, 11) is 1.91. The van der Waals surface area contributed by atoms with Gasteiger partial charge in [0.2, 0.25) is 0 Å². The van der Waals surface area contributed by atoms with Crippen molar-refractivity contribution < 1.29 is 9.66 Å². The molecule has 1 aliphatic carbocycles. The highest BCUT2D eigenvalue weighted by Gasteiger charge is 2.42. The molecule has 1 saturated heterocycles. The minimum Gasteiger partial charge on any atom is -0.374 e. The fourth-order valence-corrected chi connectivity index (χ4v) is 3.88. The van der Waals surface area contributed by atoms with Crippen LogP contribution in [0, 0.1) is 10.1 Å². The maximum Gasteiger partial charge on any atom is 0.324 e. The van der Waals surface area contributed by atoms with Crippen molar-refractivity contribution in [2.75, 3.05) is 26.7 Å². The first-order valence-corrected chi connectivity index (χ1v) is 7.78. The number of ether oxygens (including phenoxy) is 1. The van der Waals surface area contributed by atoms with Crippen LogP contribution in [0.15, 0.2) is 12.1 Å². The molecule has 2 heterocycles.